The standard InChI is InChI=1S/C23H26N4O.HI/c1-2-24-23(26-16-19-9-4-3-5-10-19)27-17-20-11-8-13-22(15-20)28-18-21-12-6-7-14-25-21;/h3-15H,2,16-18H2,1H3,(H2,24,26,27);1H. The lowest BCUT2D eigenvalue weighted by atomic mass is 10.2. The van der Waals surface area contributed by atoms with Crippen LogP contribution in [-0.4, -0.2) is 17.5 Å². The Morgan fingerprint density at radius 1 is 0.931 bits per heavy atom. The maximum atomic E-state index is 5.85. The molecule has 5 nitrogen and oxygen atoms in total. The van der Waals surface area contributed by atoms with Gasteiger partial charge < -0.3 is 15.4 Å². The molecule has 0 radical (unpaired) electrons. The Kier molecular flexibility index (Phi) is 9.99. The summed E-state index contributed by atoms with van der Waals surface area (Å²) in [4.78, 5) is 8.96. The smallest absolute Gasteiger partial charge is 0.191 e. The van der Waals surface area contributed by atoms with Crippen LogP contribution >= 0.6 is 24.0 Å². The summed E-state index contributed by atoms with van der Waals surface area (Å²) in [6.07, 6.45) is 1.77. The summed E-state index contributed by atoms with van der Waals surface area (Å²) >= 11 is 0. The van der Waals surface area contributed by atoms with E-state index in [-0.39, 0.29) is 24.0 Å². The zero-order valence-corrected chi connectivity index (χ0v) is 18.9. The van der Waals surface area contributed by atoms with E-state index in [0.29, 0.717) is 13.2 Å². The third-order valence-electron chi connectivity index (χ3n) is 4.08. The molecule has 6 heteroatoms. The first-order valence-electron chi connectivity index (χ1n) is 9.51. The summed E-state index contributed by atoms with van der Waals surface area (Å²) in [5.74, 6) is 1.62. The molecule has 3 aromatic rings. The number of ether oxygens (including phenoxy) is 1. The van der Waals surface area contributed by atoms with Gasteiger partial charge >= 0.3 is 0 Å². The van der Waals surface area contributed by atoms with Crippen LogP contribution in [0.25, 0.3) is 0 Å². The molecule has 0 atom stereocenters. The molecule has 0 unspecified atom stereocenters. The SMILES string of the molecule is CCNC(=NCc1cccc(OCc2ccccn2)c1)NCc1ccccc1.I. The third-order valence-corrected chi connectivity index (χ3v) is 4.08. The van der Waals surface area contributed by atoms with E-state index in [1.54, 1.807) is 6.20 Å². The van der Waals surface area contributed by atoms with E-state index >= 15 is 0 Å². The summed E-state index contributed by atoms with van der Waals surface area (Å²) in [6.45, 7) is 4.64. The minimum Gasteiger partial charge on any atom is -0.487 e. The van der Waals surface area contributed by atoms with Crippen LogP contribution < -0.4 is 15.4 Å². The number of nitrogens with zero attached hydrogens (tertiary/aromatic N) is 2. The number of rotatable bonds is 8. The molecule has 0 saturated heterocycles. The van der Waals surface area contributed by atoms with Gasteiger partial charge in [-0.1, -0.05) is 48.5 Å². The lowest BCUT2D eigenvalue weighted by Crippen LogP contribution is -2.36. The van der Waals surface area contributed by atoms with Crippen LogP contribution in [0.2, 0.25) is 0 Å². The maximum absolute atomic E-state index is 5.85. The summed E-state index contributed by atoms with van der Waals surface area (Å²) in [6, 6.07) is 24.1. The Morgan fingerprint density at radius 2 is 1.72 bits per heavy atom. The molecule has 29 heavy (non-hydrogen) atoms. The molecule has 152 valence electrons. The lowest BCUT2D eigenvalue weighted by Gasteiger charge is -2.12. The van der Waals surface area contributed by atoms with Gasteiger partial charge in [0.1, 0.15) is 12.4 Å². The number of nitrogens with one attached hydrogen (secondary N) is 2. The summed E-state index contributed by atoms with van der Waals surface area (Å²) in [5, 5.41) is 6.65. The van der Waals surface area contributed by atoms with Crippen molar-refractivity contribution in [1.82, 2.24) is 15.6 Å². The van der Waals surface area contributed by atoms with Crippen molar-refractivity contribution in [2.24, 2.45) is 4.99 Å². The monoisotopic (exact) mass is 502 g/mol. The van der Waals surface area contributed by atoms with E-state index < -0.39 is 0 Å². The fourth-order valence-corrected chi connectivity index (χ4v) is 2.67. The maximum Gasteiger partial charge on any atom is 0.191 e. The fourth-order valence-electron chi connectivity index (χ4n) is 2.67. The first kappa shape index (κ1) is 22.7. The Bertz CT molecular complexity index is 872. The predicted molar refractivity (Wildman–Crippen MR) is 129 cm³/mol. The molecule has 0 saturated carbocycles. The highest BCUT2D eigenvalue weighted by Gasteiger charge is 2.01. The van der Waals surface area contributed by atoms with Crippen LogP contribution in [0, 0.1) is 0 Å². The van der Waals surface area contributed by atoms with Crippen molar-refractivity contribution in [3.05, 3.63) is 95.8 Å². The molecule has 1 aromatic heterocycles. The molecule has 0 aliphatic rings. The molecule has 0 aliphatic carbocycles. The van der Waals surface area contributed by atoms with Crippen molar-refractivity contribution in [3.63, 3.8) is 0 Å². The molecule has 0 aliphatic heterocycles. The number of aliphatic imine (C=N–C) groups is 1. The van der Waals surface area contributed by atoms with Crippen LogP contribution in [0.3, 0.4) is 0 Å². The van der Waals surface area contributed by atoms with E-state index in [0.717, 1.165) is 36.1 Å². The van der Waals surface area contributed by atoms with Gasteiger partial charge in [-0.2, -0.15) is 0 Å². The number of benzene rings is 2. The van der Waals surface area contributed by atoms with Gasteiger partial charge in [0.05, 0.1) is 12.2 Å². The van der Waals surface area contributed by atoms with Crippen LogP contribution in [0.15, 0.2) is 84.0 Å². The third kappa shape index (κ3) is 8.11. The quantitative estimate of drug-likeness (QED) is 0.270. The molecule has 0 amide bonds. The lowest BCUT2D eigenvalue weighted by molar-refractivity contribution is 0.301. The van der Waals surface area contributed by atoms with E-state index in [9.17, 15) is 0 Å². The van der Waals surface area contributed by atoms with E-state index in [2.05, 4.69) is 45.7 Å². The van der Waals surface area contributed by atoms with Crippen LogP contribution in [0.4, 0.5) is 0 Å². The van der Waals surface area contributed by atoms with Gasteiger partial charge in [-0.05, 0) is 42.3 Å². The van der Waals surface area contributed by atoms with Crippen molar-refractivity contribution >= 4 is 29.9 Å². The van der Waals surface area contributed by atoms with Crippen molar-refractivity contribution < 1.29 is 4.74 Å². The molecular formula is C23H27IN4O. The molecule has 0 fully saturated rings. The Morgan fingerprint density at radius 3 is 2.48 bits per heavy atom. The number of pyridine rings is 1. The van der Waals surface area contributed by atoms with Gasteiger partial charge in [0.25, 0.3) is 0 Å². The van der Waals surface area contributed by atoms with Gasteiger partial charge in [-0.3, -0.25) is 4.98 Å². The zero-order chi connectivity index (χ0) is 19.4. The number of hydrogen-bond acceptors (Lipinski definition) is 3. The number of aromatic nitrogens is 1. The number of guanidine groups is 1. The Balaban J connectivity index is 0.00000300. The van der Waals surface area contributed by atoms with Crippen LogP contribution in [-0.2, 0) is 19.7 Å². The zero-order valence-electron chi connectivity index (χ0n) is 16.5. The molecule has 0 bridgehead atoms. The number of hydrogen-bond donors (Lipinski definition) is 2. The summed E-state index contributed by atoms with van der Waals surface area (Å²) in [5.41, 5.74) is 3.22. The average Bonchev–Trinajstić information content (AvgIpc) is 2.76. The highest BCUT2D eigenvalue weighted by Crippen LogP contribution is 2.15. The summed E-state index contributed by atoms with van der Waals surface area (Å²) in [7, 11) is 0. The molecule has 0 spiro atoms. The minimum absolute atomic E-state index is 0. The van der Waals surface area contributed by atoms with Crippen molar-refractivity contribution in [2.75, 3.05) is 6.54 Å². The van der Waals surface area contributed by atoms with Crippen molar-refractivity contribution in [3.8, 4) is 5.75 Å². The second kappa shape index (κ2) is 12.8. The Hall–Kier alpha value is -2.61. The van der Waals surface area contributed by atoms with Crippen molar-refractivity contribution in [2.45, 2.75) is 26.6 Å². The highest BCUT2D eigenvalue weighted by molar-refractivity contribution is 14.0. The van der Waals surface area contributed by atoms with E-state index in [1.807, 2.05) is 54.6 Å². The predicted octanol–water partition coefficient (Wildman–Crippen LogP) is 4.53. The van der Waals surface area contributed by atoms with Crippen LogP contribution in [0.1, 0.15) is 23.7 Å². The highest BCUT2D eigenvalue weighted by atomic mass is 127. The van der Waals surface area contributed by atoms with E-state index in [1.165, 1.54) is 5.56 Å². The Labute approximate surface area is 189 Å². The minimum atomic E-state index is 0. The second-order valence-corrected chi connectivity index (χ2v) is 6.29. The topological polar surface area (TPSA) is 58.5 Å². The first-order valence-corrected chi connectivity index (χ1v) is 9.51. The van der Waals surface area contributed by atoms with Gasteiger partial charge in [-0.15, -0.1) is 24.0 Å². The largest absolute Gasteiger partial charge is 0.487 e. The van der Waals surface area contributed by atoms with Gasteiger partial charge in [0.2, 0.25) is 0 Å². The second-order valence-electron chi connectivity index (χ2n) is 6.29. The number of halogens is 1. The van der Waals surface area contributed by atoms with Gasteiger partial charge in [-0.25, -0.2) is 4.99 Å². The average molecular weight is 502 g/mol. The molecule has 2 aromatic carbocycles. The van der Waals surface area contributed by atoms with E-state index in [4.69, 9.17) is 4.74 Å². The molecule has 3 rings (SSSR count). The van der Waals surface area contributed by atoms with Crippen molar-refractivity contribution in [1.29, 1.82) is 0 Å². The van der Waals surface area contributed by atoms with Crippen LogP contribution in [0.5, 0.6) is 5.75 Å². The molecule has 1 heterocycles. The summed E-state index contributed by atoms with van der Waals surface area (Å²) < 4.78 is 5.85. The first-order chi connectivity index (χ1) is 13.8. The van der Waals surface area contributed by atoms with Gasteiger partial charge in [0, 0.05) is 19.3 Å². The molecule has 2 N–H and O–H groups in total. The van der Waals surface area contributed by atoms with Gasteiger partial charge in [0.15, 0.2) is 5.96 Å². The normalized spacial score (nSPS) is 10.7. The fraction of sp³-hybridized carbons (Fsp3) is 0.217. The molecular weight excluding hydrogens is 475 g/mol.